The first kappa shape index (κ1) is 25.2. The van der Waals surface area contributed by atoms with Crippen LogP contribution in [0.4, 0.5) is 24.5 Å². The first-order valence-electron chi connectivity index (χ1n) is 10.6. The summed E-state index contributed by atoms with van der Waals surface area (Å²) in [6, 6.07) is 13.0. The highest BCUT2D eigenvalue weighted by Crippen LogP contribution is 2.41. The lowest BCUT2D eigenvalue weighted by atomic mass is 9.95. The quantitative estimate of drug-likeness (QED) is 0.191. The molecule has 0 saturated carbocycles. The maximum atomic E-state index is 13.9. The Labute approximate surface area is 207 Å². The zero-order valence-electron chi connectivity index (χ0n) is 19.3. The normalized spacial score (nSPS) is 11.3. The van der Waals surface area contributed by atoms with E-state index in [9.17, 15) is 32.9 Å². The molecule has 4 rings (SSSR count). The van der Waals surface area contributed by atoms with Gasteiger partial charge < -0.3 is 19.8 Å². The number of aromatic amines is 1. The lowest BCUT2D eigenvalue weighted by Crippen LogP contribution is -2.13. The van der Waals surface area contributed by atoms with Crippen LogP contribution in [0, 0.1) is 10.1 Å². The Kier molecular flexibility index (Phi) is 6.58. The first-order valence-corrected chi connectivity index (χ1v) is 10.6. The van der Waals surface area contributed by atoms with Crippen molar-refractivity contribution in [2.75, 3.05) is 19.5 Å². The number of anilines is 1. The number of ether oxygens (including phenoxy) is 2. The van der Waals surface area contributed by atoms with Gasteiger partial charge in [-0.05, 0) is 47.5 Å². The van der Waals surface area contributed by atoms with E-state index < -0.39 is 28.5 Å². The Morgan fingerprint density at radius 2 is 1.78 bits per heavy atom. The molecule has 0 unspecified atom stereocenters. The first-order chi connectivity index (χ1) is 17.5. The zero-order valence-corrected chi connectivity index (χ0v) is 19.3. The minimum Gasteiger partial charge on any atom is -0.496 e. The van der Waals surface area contributed by atoms with Gasteiger partial charge in [-0.25, -0.2) is 4.79 Å². The van der Waals surface area contributed by atoms with Crippen LogP contribution in [-0.4, -0.2) is 36.0 Å². The minimum atomic E-state index is -4.77. The van der Waals surface area contributed by atoms with Crippen molar-refractivity contribution in [3.63, 3.8) is 0 Å². The number of hydrogen-bond donors (Lipinski definition) is 2. The van der Waals surface area contributed by atoms with Crippen molar-refractivity contribution in [1.82, 2.24) is 4.98 Å². The number of nitro groups is 1. The summed E-state index contributed by atoms with van der Waals surface area (Å²) in [6.07, 6.45) is -4.77. The molecule has 9 nitrogen and oxygen atoms in total. The van der Waals surface area contributed by atoms with E-state index >= 15 is 0 Å². The molecular formula is C25H18F3N3O6. The fourth-order valence-corrected chi connectivity index (χ4v) is 3.81. The molecule has 0 radical (unpaired) electrons. The molecule has 0 aliphatic carbocycles. The summed E-state index contributed by atoms with van der Waals surface area (Å²) in [7, 11) is 2.23. The number of nitrogens with one attached hydrogen (secondary N) is 2. The average Bonchev–Trinajstić information content (AvgIpc) is 3.30. The van der Waals surface area contributed by atoms with Crippen molar-refractivity contribution in [2.45, 2.75) is 6.18 Å². The second kappa shape index (κ2) is 9.64. The van der Waals surface area contributed by atoms with Crippen LogP contribution in [0.1, 0.15) is 26.4 Å². The van der Waals surface area contributed by atoms with Crippen LogP contribution in [0.25, 0.3) is 22.0 Å². The Morgan fingerprint density at radius 3 is 2.43 bits per heavy atom. The topological polar surface area (TPSA) is 124 Å². The third kappa shape index (κ3) is 5.08. The average molecular weight is 513 g/mol. The van der Waals surface area contributed by atoms with E-state index in [2.05, 4.69) is 15.0 Å². The summed E-state index contributed by atoms with van der Waals surface area (Å²) in [5, 5.41) is 14.1. The Balaban J connectivity index is 1.71. The van der Waals surface area contributed by atoms with Gasteiger partial charge in [0.15, 0.2) is 0 Å². The third-order valence-electron chi connectivity index (χ3n) is 5.54. The van der Waals surface area contributed by atoms with Gasteiger partial charge in [-0.15, -0.1) is 0 Å². The van der Waals surface area contributed by atoms with E-state index in [1.165, 1.54) is 48.5 Å². The molecule has 190 valence electrons. The predicted octanol–water partition coefficient (Wildman–Crippen LogP) is 5.81. The lowest BCUT2D eigenvalue weighted by Gasteiger charge is -2.17. The van der Waals surface area contributed by atoms with Crippen LogP contribution in [0.2, 0.25) is 0 Å². The number of rotatable bonds is 6. The molecule has 0 bridgehead atoms. The van der Waals surface area contributed by atoms with Crippen molar-refractivity contribution in [2.24, 2.45) is 0 Å². The predicted molar refractivity (Wildman–Crippen MR) is 128 cm³/mol. The summed E-state index contributed by atoms with van der Waals surface area (Å²) in [5.74, 6) is -1.79. The molecule has 0 fully saturated rings. The zero-order chi connectivity index (χ0) is 26.9. The molecule has 0 aliphatic heterocycles. The van der Waals surface area contributed by atoms with Crippen LogP contribution in [0.15, 0.2) is 60.7 Å². The number of carbonyl (C=O) groups excluding carboxylic acids is 2. The van der Waals surface area contributed by atoms with Crippen molar-refractivity contribution < 1.29 is 37.2 Å². The van der Waals surface area contributed by atoms with Crippen molar-refractivity contribution in [3.8, 4) is 16.9 Å². The number of carbonyl (C=O) groups is 2. The van der Waals surface area contributed by atoms with E-state index in [0.29, 0.717) is 10.9 Å². The molecule has 4 aromatic rings. The van der Waals surface area contributed by atoms with Crippen LogP contribution in [0.3, 0.4) is 0 Å². The number of nitro benzene ring substituents is 1. The maximum Gasteiger partial charge on any atom is 0.417 e. The highest BCUT2D eigenvalue weighted by molar-refractivity contribution is 6.06. The van der Waals surface area contributed by atoms with Crippen molar-refractivity contribution in [1.29, 1.82) is 0 Å². The number of nitrogens with zero attached hydrogens (tertiary/aromatic N) is 1. The number of amides is 1. The monoisotopic (exact) mass is 513 g/mol. The van der Waals surface area contributed by atoms with Crippen molar-refractivity contribution >= 4 is 34.2 Å². The van der Waals surface area contributed by atoms with Gasteiger partial charge in [0.25, 0.3) is 11.6 Å². The Hall–Kier alpha value is -4.87. The summed E-state index contributed by atoms with van der Waals surface area (Å²) in [5.41, 5.74) is -0.998. The molecule has 1 aromatic heterocycles. The molecule has 1 heterocycles. The molecule has 2 N–H and O–H groups in total. The second-order valence-electron chi connectivity index (χ2n) is 7.83. The molecule has 3 aromatic carbocycles. The minimum absolute atomic E-state index is 0.0743. The SMILES string of the molecule is COC(=O)c1cc(-c2cccc(NC(=O)c3cc4ccc([N+](=O)[O-])cc4[nH]3)c2)c(C(F)(F)F)cc1OC. The number of halogens is 3. The number of H-pyrrole nitrogens is 1. The van der Waals surface area contributed by atoms with Gasteiger partial charge >= 0.3 is 12.1 Å². The summed E-state index contributed by atoms with van der Waals surface area (Å²) in [4.78, 5) is 38.2. The molecule has 0 atom stereocenters. The van der Waals surface area contributed by atoms with Crippen LogP contribution in [-0.2, 0) is 10.9 Å². The molecule has 0 aliphatic rings. The van der Waals surface area contributed by atoms with Gasteiger partial charge in [0.1, 0.15) is 17.0 Å². The molecule has 37 heavy (non-hydrogen) atoms. The van der Waals surface area contributed by atoms with Crippen LogP contribution < -0.4 is 10.1 Å². The van der Waals surface area contributed by atoms with Gasteiger partial charge in [0.05, 0.1) is 30.2 Å². The highest BCUT2D eigenvalue weighted by atomic mass is 19.4. The summed E-state index contributed by atoms with van der Waals surface area (Å²) >= 11 is 0. The number of hydrogen-bond acceptors (Lipinski definition) is 6. The number of fused-ring (bicyclic) bond motifs is 1. The van der Waals surface area contributed by atoms with Gasteiger partial charge in [-0.1, -0.05) is 12.1 Å². The van der Waals surface area contributed by atoms with Gasteiger partial charge in [0.2, 0.25) is 0 Å². The van der Waals surface area contributed by atoms with Crippen LogP contribution in [0.5, 0.6) is 5.75 Å². The van der Waals surface area contributed by atoms with E-state index in [1.54, 1.807) is 0 Å². The van der Waals surface area contributed by atoms with Gasteiger partial charge in [-0.2, -0.15) is 13.2 Å². The van der Waals surface area contributed by atoms with Crippen LogP contribution >= 0.6 is 0 Å². The molecule has 0 spiro atoms. The number of esters is 1. The van der Waals surface area contributed by atoms with E-state index in [4.69, 9.17) is 4.74 Å². The Morgan fingerprint density at radius 1 is 1.03 bits per heavy atom. The largest absolute Gasteiger partial charge is 0.496 e. The third-order valence-corrected chi connectivity index (χ3v) is 5.54. The molecule has 12 heteroatoms. The molecule has 0 saturated heterocycles. The lowest BCUT2D eigenvalue weighted by molar-refractivity contribution is -0.384. The smallest absolute Gasteiger partial charge is 0.417 e. The fraction of sp³-hybridized carbons (Fsp3) is 0.120. The van der Waals surface area contributed by atoms with Crippen molar-refractivity contribution in [3.05, 3.63) is 87.6 Å². The second-order valence-corrected chi connectivity index (χ2v) is 7.83. The van der Waals surface area contributed by atoms with Gasteiger partial charge in [-0.3, -0.25) is 14.9 Å². The number of benzene rings is 3. The number of aromatic nitrogens is 1. The number of alkyl halides is 3. The number of methoxy groups -OCH3 is 2. The molecular weight excluding hydrogens is 495 g/mol. The number of non-ortho nitro benzene ring substituents is 1. The van der Waals surface area contributed by atoms with Gasteiger partial charge in [0, 0.05) is 23.2 Å². The van der Waals surface area contributed by atoms with E-state index in [1.807, 2.05) is 0 Å². The van der Waals surface area contributed by atoms with E-state index in [-0.39, 0.29) is 39.5 Å². The summed E-state index contributed by atoms with van der Waals surface area (Å²) in [6.45, 7) is 0. The fourth-order valence-electron chi connectivity index (χ4n) is 3.81. The Bertz CT molecular complexity index is 1540. The molecule has 1 amide bonds. The van der Waals surface area contributed by atoms with E-state index in [0.717, 1.165) is 26.4 Å². The standard InChI is InChI=1S/C25H18F3N3O6/c1-36-22-12-19(25(26,27)28)17(11-18(22)24(33)37-2)13-4-3-5-15(8-13)29-23(32)21-9-14-6-7-16(31(34)35)10-20(14)30-21/h3-12,30H,1-2H3,(H,29,32). The highest BCUT2D eigenvalue weighted by Gasteiger charge is 2.36. The summed E-state index contributed by atoms with van der Waals surface area (Å²) < 4.78 is 51.3. The maximum absolute atomic E-state index is 13.9.